The van der Waals surface area contributed by atoms with Crippen LogP contribution >= 0.6 is 11.6 Å². The van der Waals surface area contributed by atoms with Gasteiger partial charge in [0.1, 0.15) is 12.4 Å². The van der Waals surface area contributed by atoms with E-state index in [9.17, 15) is 18.3 Å². The van der Waals surface area contributed by atoms with Crippen LogP contribution in [-0.4, -0.2) is 43.9 Å². The lowest BCUT2D eigenvalue weighted by Gasteiger charge is -2.43. The van der Waals surface area contributed by atoms with Gasteiger partial charge in [-0.15, -0.1) is 0 Å². The lowest BCUT2D eigenvalue weighted by Crippen LogP contribution is -2.44. The highest BCUT2D eigenvalue weighted by Crippen LogP contribution is 2.41. The molecule has 0 radical (unpaired) electrons. The quantitative estimate of drug-likeness (QED) is 0.396. The number of sulfonamides is 1. The summed E-state index contributed by atoms with van der Waals surface area (Å²) in [6.45, 7) is 5.26. The lowest BCUT2D eigenvalue weighted by atomic mass is 9.69. The molecule has 1 amide bonds. The molecule has 2 aromatic carbocycles. The molecule has 2 heterocycles. The van der Waals surface area contributed by atoms with Crippen LogP contribution in [0.15, 0.2) is 48.6 Å². The van der Waals surface area contributed by atoms with E-state index in [4.69, 9.17) is 16.3 Å². The van der Waals surface area contributed by atoms with E-state index in [1.165, 1.54) is 5.56 Å². The SMILES string of the molecule is C[C@@H]1[C@@H](C)/C=C/CC(O)[C@@H]2CC[C@H]2CN2CCCCc3cc(Cl)ccc3COc3ccc(cc32)C(=O)NS1(=O)=O. The van der Waals surface area contributed by atoms with Crippen LogP contribution in [0.5, 0.6) is 5.75 Å². The maximum atomic E-state index is 13.2. The average molecular weight is 587 g/mol. The molecule has 1 aliphatic carbocycles. The zero-order chi connectivity index (χ0) is 28.4. The van der Waals surface area contributed by atoms with Crippen molar-refractivity contribution in [3.05, 3.63) is 70.3 Å². The Labute approximate surface area is 242 Å². The third-order valence-electron chi connectivity index (χ3n) is 8.94. The van der Waals surface area contributed by atoms with Crippen LogP contribution in [0.4, 0.5) is 5.69 Å². The Morgan fingerprint density at radius 2 is 1.90 bits per heavy atom. The van der Waals surface area contributed by atoms with E-state index in [1.54, 1.807) is 25.1 Å². The molecule has 2 aliphatic heterocycles. The second-order valence-electron chi connectivity index (χ2n) is 11.6. The second kappa shape index (κ2) is 12.1. The van der Waals surface area contributed by atoms with Gasteiger partial charge >= 0.3 is 0 Å². The first-order chi connectivity index (χ1) is 19.1. The fraction of sp³-hybridized carbons (Fsp3) is 0.516. The van der Waals surface area contributed by atoms with E-state index in [0.29, 0.717) is 29.7 Å². The van der Waals surface area contributed by atoms with Gasteiger partial charge in [-0.2, -0.15) is 0 Å². The molecule has 9 heteroatoms. The fourth-order valence-electron chi connectivity index (χ4n) is 6.02. The number of fused-ring (bicyclic) bond motifs is 3. The number of hydrogen-bond acceptors (Lipinski definition) is 6. The number of halogens is 1. The summed E-state index contributed by atoms with van der Waals surface area (Å²) in [6, 6.07) is 11.0. The predicted octanol–water partition coefficient (Wildman–Crippen LogP) is 5.49. The van der Waals surface area contributed by atoms with Gasteiger partial charge in [0.2, 0.25) is 10.0 Å². The van der Waals surface area contributed by atoms with Gasteiger partial charge in [-0.3, -0.25) is 4.79 Å². The summed E-state index contributed by atoms with van der Waals surface area (Å²) in [4.78, 5) is 15.5. The molecule has 1 unspecified atom stereocenters. The fourth-order valence-corrected chi connectivity index (χ4v) is 7.43. The number of aliphatic hydroxyl groups excluding tert-OH is 1. The number of carbonyl (C=O) groups is 1. The van der Waals surface area contributed by atoms with Crippen molar-refractivity contribution < 1.29 is 23.1 Å². The van der Waals surface area contributed by atoms with Gasteiger partial charge < -0.3 is 14.7 Å². The standard InChI is InChI=1S/C31H39ClN2O5S/c1-20-6-5-8-29(35)27-13-10-24(27)18-34-15-4-3-7-22-16-26(32)12-9-25(22)19-39-30-14-11-23(17-28(30)34)31(36)33-40(37,38)21(20)2/h5-6,9,11-12,14,16-17,20-21,24,27,29,35H,3-4,7-8,10,13,15,18-19H2,1-2H3,(H,33,36)/b6-5+/t20-,21+,24-,27+,29?/m0/s1. The minimum absolute atomic E-state index is 0.175. The van der Waals surface area contributed by atoms with Crippen LogP contribution < -0.4 is 14.4 Å². The number of nitrogens with zero attached hydrogens (tertiary/aromatic N) is 1. The van der Waals surface area contributed by atoms with Crippen LogP contribution in [-0.2, 0) is 23.1 Å². The molecule has 2 aromatic rings. The highest BCUT2D eigenvalue weighted by Gasteiger charge is 2.37. The molecule has 2 bridgehead atoms. The topological polar surface area (TPSA) is 95.9 Å². The highest BCUT2D eigenvalue weighted by molar-refractivity contribution is 7.90. The number of nitrogens with one attached hydrogen (secondary N) is 1. The van der Waals surface area contributed by atoms with Gasteiger partial charge in [-0.05, 0) is 105 Å². The molecule has 0 aromatic heterocycles. The molecule has 5 rings (SSSR count). The van der Waals surface area contributed by atoms with Gasteiger partial charge in [0, 0.05) is 23.7 Å². The van der Waals surface area contributed by atoms with Crippen molar-refractivity contribution in [1.29, 1.82) is 0 Å². The maximum Gasteiger partial charge on any atom is 0.264 e. The monoisotopic (exact) mass is 586 g/mol. The molecule has 40 heavy (non-hydrogen) atoms. The van der Waals surface area contributed by atoms with E-state index in [0.717, 1.165) is 56.4 Å². The first-order valence-corrected chi connectivity index (χ1v) is 16.2. The molecule has 1 fully saturated rings. The third-order valence-corrected chi connectivity index (χ3v) is 11.1. The molecule has 5 atom stereocenters. The minimum Gasteiger partial charge on any atom is -0.487 e. The Hall–Kier alpha value is -2.55. The van der Waals surface area contributed by atoms with Crippen molar-refractivity contribution in [3.63, 3.8) is 0 Å². The Morgan fingerprint density at radius 3 is 2.67 bits per heavy atom. The van der Waals surface area contributed by atoms with Crippen molar-refractivity contribution >= 4 is 33.2 Å². The van der Waals surface area contributed by atoms with Gasteiger partial charge in [0.15, 0.2) is 0 Å². The smallest absolute Gasteiger partial charge is 0.264 e. The van der Waals surface area contributed by atoms with Crippen molar-refractivity contribution in [1.82, 2.24) is 4.72 Å². The van der Waals surface area contributed by atoms with Gasteiger partial charge in [-0.1, -0.05) is 36.7 Å². The van der Waals surface area contributed by atoms with Gasteiger partial charge in [0.05, 0.1) is 17.0 Å². The van der Waals surface area contributed by atoms with Crippen molar-refractivity contribution in [2.75, 3.05) is 18.0 Å². The normalized spacial score (nSPS) is 29.9. The van der Waals surface area contributed by atoms with E-state index in [1.807, 2.05) is 37.3 Å². The predicted molar refractivity (Wildman–Crippen MR) is 158 cm³/mol. The molecule has 0 spiro atoms. The highest BCUT2D eigenvalue weighted by atomic mass is 35.5. The van der Waals surface area contributed by atoms with Gasteiger partial charge in [0.25, 0.3) is 5.91 Å². The molecule has 0 saturated heterocycles. The number of carbonyl (C=O) groups excluding carboxylic acids is 1. The number of amides is 1. The number of benzene rings is 2. The number of ether oxygens (including phenoxy) is 1. The molecule has 1 saturated carbocycles. The van der Waals surface area contributed by atoms with E-state index < -0.39 is 27.3 Å². The van der Waals surface area contributed by atoms with E-state index in [2.05, 4.69) is 9.62 Å². The Bertz CT molecular complexity index is 1380. The van der Waals surface area contributed by atoms with E-state index >= 15 is 0 Å². The lowest BCUT2D eigenvalue weighted by molar-refractivity contribution is 0.0180. The summed E-state index contributed by atoms with van der Waals surface area (Å²) in [5.74, 6) is 0.166. The van der Waals surface area contributed by atoms with E-state index in [-0.39, 0.29) is 17.4 Å². The van der Waals surface area contributed by atoms with Crippen LogP contribution in [0.3, 0.4) is 0 Å². The Balaban J connectivity index is 1.54. The van der Waals surface area contributed by atoms with Crippen molar-refractivity contribution in [3.8, 4) is 5.75 Å². The molecular weight excluding hydrogens is 548 g/mol. The number of aliphatic hydroxyl groups is 1. The summed E-state index contributed by atoms with van der Waals surface area (Å²) in [6.07, 6.45) is 8.51. The Kier molecular flexibility index (Phi) is 8.78. The first-order valence-electron chi connectivity index (χ1n) is 14.3. The molecule has 3 aliphatic rings. The molecule has 216 valence electrons. The second-order valence-corrected chi connectivity index (χ2v) is 14.0. The van der Waals surface area contributed by atoms with Crippen LogP contribution in [0.25, 0.3) is 0 Å². The van der Waals surface area contributed by atoms with Crippen LogP contribution in [0.2, 0.25) is 5.02 Å². The average Bonchev–Trinajstić information content (AvgIpc) is 2.92. The number of rotatable bonds is 0. The summed E-state index contributed by atoms with van der Waals surface area (Å²) in [7, 11) is -3.93. The summed E-state index contributed by atoms with van der Waals surface area (Å²) >= 11 is 6.29. The zero-order valence-corrected chi connectivity index (χ0v) is 24.8. The minimum atomic E-state index is -3.93. The zero-order valence-electron chi connectivity index (χ0n) is 23.2. The number of hydrogen-bond donors (Lipinski definition) is 2. The van der Waals surface area contributed by atoms with Crippen molar-refractivity contribution in [2.24, 2.45) is 17.8 Å². The van der Waals surface area contributed by atoms with Crippen LogP contribution in [0, 0.1) is 17.8 Å². The number of aryl methyl sites for hydroxylation is 1. The molecular formula is C31H39ClN2O5S. The Morgan fingerprint density at radius 1 is 1.07 bits per heavy atom. The molecule has 2 N–H and O–H groups in total. The summed E-state index contributed by atoms with van der Waals surface area (Å²) in [5.41, 5.74) is 3.29. The van der Waals surface area contributed by atoms with Crippen molar-refractivity contribution in [2.45, 2.75) is 70.3 Å². The largest absolute Gasteiger partial charge is 0.487 e. The van der Waals surface area contributed by atoms with Crippen LogP contribution in [0.1, 0.15) is 67.4 Å². The third kappa shape index (κ3) is 6.34. The summed E-state index contributed by atoms with van der Waals surface area (Å²) in [5, 5.41) is 10.9. The molecule has 7 nitrogen and oxygen atoms in total. The number of anilines is 1. The van der Waals surface area contributed by atoms with Gasteiger partial charge in [-0.25, -0.2) is 13.1 Å². The first kappa shape index (κ1) is 29.0. The number of allylic oxidation sites excluding steroid dienone is 1. The summed E-state index contributed by atoms with van der Waals surface area (Å²) < 4.78 is 34.8. The maximum absolute atomic E-state index is 13.2.